The number of ether oxygens (including phenoxy) is 1. The highest BCUT2D eigenvalue weighted by molar-refractivity contribution is 6.30. The molecule has 0 aliphatic heterocycles. The Morgan fingerprint density at radius 2 is 1.52 bits per heavy atom. The molecule has 4 rings (SSSR count). The number of halogens is 1. The fourth-order valence-electron chi connectivity index (χ4n) is 3.39. The molecule has 0 spiro atoms. The summed E-state index contributed by atoms with van der Waals surface area (Å²) in [5, 5.41) is 0.521. The molecule has 0 saturated carbocycles. The Balaban J connectivity index is 1.85. The molecule has 5 nitrogen and oxygen atoms in total. The van der Waals surface area contributed by atoms with Gasteiger partial charge in [0.15, 0.2) is 5.78 Å². The second-order valence-electron chi connectivity index (χ2n) is 6.87. The quantitative estimate of drug-likeness (QED) is 0.309. The van der Waals surface area contributed by atoms with E-state index in [0.29, 0.717) is 32.9 Å². The van der Waals surface area contributed by atoms with Crippen LogP contribution in [0.5, 0.6) is 0 Å². The number of pyridine rings is 1. The molecule has 2 heterocycles. The smallest absolute Gasteiger partial charge is 0.340 e. The first kappa shape index (κ1) is 20.6. The van der Waals surface area contributed by atoms with Crippen molar-refractivity contribution >= 4 is 34.7 Å². The number of aromatic nitrogens is 1. The molecular formula is C25H18ClNO4. The Kier molecular flexibility index (Phi) is 5.69. The van der Waals surface area contributed by atoms with Gasteiger partial charge < -0.3 is 9.14 Å². The van der Waals surface area contributed by atoms with Gasteiger partial charge in [0, 0.05) is 27.9 Å². The van der Waals surface area contributed by atoms with Crippen molar-refractivity contribution in [3.8, 4) is 0 Å². The monoisotopic (exact) mass is 431 g/mol. The van der Waals surface area contributed by atoms with Gasteiger partial charge in [0.05, 0.1) is 23.4 Å². The average molecular weight is 432 g/mol. The predicted molar refractivity (Wildman–Crippen MR) is 118 cm³/mol. The highest BCUT2D eigenvalue weighted by atomic mass is 35.5. The number of hydrogen-bond acceptors (Lipinski definition) is 4. The molecule has 4 aromatic rings. The summed E-state index contributed by atoms with van der Waals surface area (Å²) in [4.78, 5) is 38.6. The second-order valence-corrected chi connectivity index (χ2v) is 7.30. The van der Waals surface area contributed by atoms with E-state index in [4.69, 9.17) is 16.3 Å². The molecule has 154 valence electrons. The Hall–Kier alpha value is -3.70. The van der Waals surface area contributed by atoms with E-state index in [-0.39, 0.29) is 23.7 Å². The molecule has 0 aliphatic carbocycles. The summed E-state index contributed by atoms with van der Waals surface area (Å²) < 4.78 is 6.77. The first-order valence-corrected chi connectivity index (χ1v) is 10.1. The molecule has 2 aromatic heterocycles. The Labute approximate surface area is 183 Å². The molecule has 0 radical (unpaired) electrons. The summed E-state index contributed by atoms with van der Waals surface area (Å²) in [6.45, 7) is 1.90. The third-order valence-corrected chi connectivity index (χ3v) is 5.16. The van der Waals surface area contributed by atoms with Gasteiger partial charge in [-0.3, -0.25) is 9.59 Å². The van der Waals surface area contributed by atoms with Crippen LogP contribution in [0.15, 0.2) is 79.0 Å². The van der Waals surface area contributed by atoms with Gasteiger partial charge in [-0.05, 0) is 49.4 Å². The zero-order valence-corrected chi connectivity index (χ0v) is 17.4. The van der Waals surface area contributed by atoms with Crippen molar-refractivity contribution in [2.45, 2.75) is 6.92 Å². The highest BCUT2D eigenvalue weighted by Crippen LogP contribution is 2.24. The Morgan fingerprint density at radius 3 is 2.19 bits per heavy atom. The fourth-order valence-corrected chi connectivity index (χ4v) is 3.52. The van der Waals surface area contributed by atoms with Gasteiger partial charge >= 0.3 is 5.97 Å². The lowest BCUT2D eigenvalue weighted by Gasteiger charge is -2.06. The van der Waals surface area contributed by atoms with Gasteiger partial charge in [-0.1, -0.05) is 41.9 Å². The largest absolute Gasteiger partial charge is 0.462 e. The second kappa shape index (κ2) is 8.58. The zero-order valence-electron chi connectivity index (χ0n) is 16.7. The minimum absolute atomic E-state index is 0.176. The van der Waals surface area contributed by atoms with E-state index in [1.807, 2.05) is 6.07 Å². The summed E-state index contributed by atoms with van der Waals surface area (Å²) in [7, 11) is 0. The number of carbonyl (C=O) groups excluding carboxylic acids is 3. The SMILES string of the molecule is CCOC(=O)c1cc(C(=O)c2ccc(Cl)cc2)n2ccc(C(=O)c3ccccc3)cc12. The van der Waals surface area contributed by atoms with Gasteiger partial charge in [0.1, 0.15) is 0 Å². The van der Waals surface area contributed by atoms with Crippen molar-refractivity contribution in [3.05, 3.63) is 112 Å². The number of carbonyl (C=O) groups is 3. The summed E-state index contributed by atoms with van der Waals surface area (Å²) in [6, 6.07) is 20.1. The zero-order chi connectivity index (χ0) is 22.0. The summed E-state index contributed by atoms with van der Waals surface area (Å²) >= 11 is 5.93. The molecular weight excluding hydrogens is 414 g/mol. The van der Waals surface area contributed by atoms with Crippen molar-refractivity contribution < 1.29 is 19.1 Å². The van der Waals surface area contributed by atoms with Gasteiger partial charge in [-0.15, -0.1) is 0 Å². The fraction of sp³-hybridized carbons (Fsp3) is 0.0800. The molecule has 0 saturated heterocycles. The lowest BCUT2D eigenvalue weighted by atomic mass is 10.0. The van der Waals surface area contributed by atoms with Crippen LogP contribution in [0.4, 0.5) is 0 Å². The molecule has 0 atom stereocenters. The van der Waals surface area contributed by atoms with Crippen LogP contribution in [0.1, 0.15) is 49.3 Å². The van der Waals surface area contributed by atoms with E-state index < -0.39 is 5.97 Å². The van der Waals surface area contributed by atoms with Crippen LogP contribution in [0, 0.1) is 0 Å². The number of benzene rings is 2. The molecule has 0 N–H and O–H groups in total. The van der Waals surface area contributed by atoms with Gasteiger partial charge in [0.25, 0.3) is 0 Å². The molecule has 2 aromatic carbocycles. The van der Waals surface area contributed by atoms with Crippen molar-refractivity contribution in [2.24, 2.45) is 0 Å². The number of hydrogen-bond donors (Lipinski definition) is 0. The van der Waals surface area contributed by atoms with Gasteiger partial charge in [-0.25, -0.2) is 4.79 Å². The van der Waals surface area contributed by atoms with Gasteiger partial charge in [0.2, 0.25) is 5.78 Å². The molecule has 31 heavy (non-hydrogen) atoms. The number of esters is 1. The van der Waals surface area contributed by atoms with Crippen LogP contribution in [0.2, 0.25) is 5.02 Å². The minimum atomic E-state index is -0.556. The van der Waals surface area contributed by atoms with Crippen LogP contribution < -0.4 is 0 Å². The summed E-state index contributed by atoms with van der Waals surface area (Å²) in [5.41, 5.74) is 2.32. The number of rotatable bonds is 6. The van der Waals surface area contributed by atoms with E-state index >= 15 is 0 Å². The van der Waals surface area contributed by atoms with E-state index in [9.17, 15) is 14.4 Å². The third-order valence-electron chi connectivity index (χ3n) is 4.90. The maximum absolute atomic E-state index is 13.1. The minimum Gasteiger partial charge on any atom is -0.462 e. The van der Waals surface area contributed by atoms with E-state index in [2.05, 4.69) is 0 Å². The van der Waals surface area contributed by atoms with Crippen LogP contribution in [0.3, 0.4) is 0 Å². The molecule has 0 amide bonds. The summed E-state index contributed by atoms with van der Waals surface area (Å²) in [5.74, 6) is -1.01. The molecule has 6 heteroatoms. The summed E-state index contributed by atoms with van der Waals surface area (Å²) in [6.07, 6.45) is 1.62. The topological polar surface area (TPSA) is 64.8 Å². The average Bonchev–Trinajstić information content (AvgIpc) is 3.18. The lowest BCUT2D eigenvalue weighted by molar-refractivity contribution is 0.0528. The van der Waals surface area contributed by atoms with Gasteiger partial charge in [-0.2, -0.15) is 0 Å². The van der Waals surface area contributed by atoms with E-state index in [1.165, 1.54) is 6.07 Å². The number of fused-ring (bicyclic) bond motifs is 1. The molecule has 0 unspecified atom stereocenters. The van der Waals surface area contributed by atoms with Crippen molar-refractivity contribution in [1.82, 2.24) is 4.40 Å². The third kappa shape index (κ3) is 4.00. The van der Waals surface area contributed by atoms with Crippen LogP contribution in [0.25, 0.3) is 5.52 Å². The first-order chi connectivity index (χ1) is 15.0. The highest BCUT2D eigenvalue weighted by Gasteiger charge is 2.22. The standard InChI is InChI=1S/C25H18ClNO4/c1-2-31-25(30)20-15-22(24(29)17-8-10-19(26)11-9-17)27-13-12-18(14-21(20)27)23(28)16-6-4-3-5-7-16/h3-15H,2H2,1H3. The molecule has 0 bridgehead atoms. The Bertz CT molecular complexity index is 1290. The van der Waals surface area contributed by atoms with Crippen LogP contribution in [-0.4, -0.2) is 28.5 Å². The van der Waals surface area contributed by atoms with E-state index in [1.54, 1.807) is 78.2 Å². The molecule has 0 aliphatic rings. The van der Waals surface area contributed by atoms with Crippen molar-refractivity contribution in [1.29, 1.82) is 0 Å². The number of ketones is 2. The normalized spacial score (nSPS) is 10.8. The van der Waals surface area contributed by atoms with Crippen LogP contribution >= 0.6 is 11.6 Å². The van der Waals surface area contributed by atoms with E-state index in [0.717, 1.165) is 0 Å². The van der Waals surface area contributed by atoms with Crippen molar-refractivity contribution in [3.63, 3.8) is 0 Å². The lowest BCUT2D eigenvalue weighted by Crippen LogP contribution is -2.07. The predicted octanol–water partition coefficient (Wildman–Crippen LogP) is 5.23. The Morgan fingerprint density at radius 1 is 0.839 bits per heavy atom. The van der Waals surface area contributed by atoms with Crippen LogP contribution in [-0.2, 0) is 4.74 Å². The number of nitrogens with zero attached hydrogens (tertiary/aromatic N) is 1. The maximum atomic E-state index is 13.1. The van der Waals surface area contributed by atoms with Crippen molar-refractivity contribution in [2.75, 3.05) is 6.61 Å². The first-order valence-electron chi connectivity index (χ1n) is 9.72. The molecule has 0 fully saturated rings. The maximum Gasteiger partial charge on any atom is 0.340 e.